The van der Waals surface area contributed by atoms with Crippen LogP contribution in [0, 0.1) is 0 Å². The zero-order chi connectivity index (χ0) is 10.1. The Bertz CT molecular complexity index is 554. The zero-order valence-electron chi connectivity index (χ0n) is 8.41. The van der Waals surface area contributed by atoms with E-state index in [2.05, 4.69) is 22.1 Å². The van der Waals surface area contributed by atoms with Crippen molar-refractivity contribution in [3.05, 3.63) is 54.7 Å². The minimum atomic E-state index is 0. The summed E-state index contributed by atoms with van der Waals surface area (Å²) in [5.74, 6) is 0. The van der Waals surface area contributed by atoms with Crippen molar-refractivity contribution in [1.82, 2.24) is 9.97 Å². The molecule has 0 atom stereocenters. The van der Waals surface area contributed by atoms with Crippen LogP contribution in [0.3, 0.4) is 0 Å². The van der Waals surface area contributed by atoms with Crippen molar-refractivity contribution in [2.24, 2.45) is 0 Å². The molecule has 0 aliphatic heterocycles. The van der Waals surface area contributed by atoms with Crippen molar-refractivity contribution in [1.29, 1.82) is 0 Å². The summed E-state index contributed by atoms with van der Waals surface area (Å²) in [7, 11) is 0. The number of aromatic nitrogens is 2. The van der Waals surface area contributed by atoms with Gasteiger partial charge in [0, 0.05) is 33.0 Å². The van der Waals surface area contributed by atoms with Crippen molar-refractivity contribution >= 4 is 10.9 Å². The molecule has 1 aromatic carbocycles. The van der Waals surface area contributed by atoms with E-state index < -0.39 is 0 Å². The molecule has 3 heteroatoms. The van der Waals surface area contributed by atoms with E-state index in [9.17, 15) is 0 Å². The van der Waals surface area contributed by atoms with Gasteiger partial charge in [-0.3, -0.25) is 4.98 Å². The maximum atomic E-state index is 4.52. The van der Waals surface area contributed by atoms with Gasteiger partial charge in [0.2, 0.25) is 0 Å². The molecule has 0 aliphatic carbocycles. The van der Waals surface area contributed by atoms with Crippen molar-refractivity contribution in [3.8, 4) is 11.4 Å². The summed E-state index contributed by atoms with van der Waals surface area (Å²) in [6.07, 6.45) is 1.79. The molecule has 2 nitrogen and oxygen atoms in total. The van der Waals surface area contributed by atoms with E-state index in [-0.39, 0.29) is 21.1 Å². The molecular weight excluding hydrogens is 379 g/mol. The number of para-hydroxylation sites is 1. The second-order valence-corrected chi connectivity index (χ2v) is 3.42. The first-order valence-corrected chi connectivity index (χ1v) is 4.87. The number of hydrogen-bond donors (Lipinski definition) is 0. The smallest absolute Gasteiger partial charge is 0.0483 e. The molecule has 82 valence electrons. The zero-order valence-corrected chi connectivity index (χ0v) is 10.7. The average molecular weight is 388 g/mol. The number of pyridine rings is 1. The van der Waals surface area contributed by atoms with E-state index in [1.165, 1.54) is 0 Å². The van der Waals surface area contributed by atoms with Gasteiger partial charge in [0.25, 0.3) is 0 Å². The van der Waals surface area contributed by atoms with Gasteiger partial charge >= 0.3 is 0 Å². The normalized spacial score (nSPS) is 10.0. The van der Waals surface area contributed by atoms with E-state index in [0.717, 1.165) is 22.3 Å². The Kier molecular flexibility index (Phi) is 3.21. The minimum Gasteiger partial charge on any atom is -0.656 e. The Labute approximate surface area is 108 Å². The van der Waals surface area contributed by atoms with Crippen molar-refractivity contribution in [3.63, 3.8) is 0 Å². The third-order valence-corrected chi connectivity index (χ3v) is 2.40. The van der Waals surface area contributed by atoms with E-state index in [0.29, 0.717) is 0 Å². The molecule has 16 heavy (non-hydrogen) atoms. The Balaban J connectivity index is 0.000000963. The molecule has 0 saturated heterocycles. The third kappa shape index (κ3) is 1.93. The largest absolute Gasteiger partial charge is 0.656 e. The molecule has 2 heterocycles. The molecule has 0 spiro atoms. The molecule has 0 bridgehead atoms. The average Bonchev–Trinajstić information content (AvgIpc) is 2.74. The van der Waals surface area contributed by atoms with E-state index >= 15 is 0 Å². The first-order chi connectivity index (χ1) is 7.43. The van der Waals surface area contributed by atoms with E-state index in [1.54, 1.807) is 6.20 Å². The second-order valence-electron chi connectivity index (χ2n) is 3.42. The Morgan fingerprint density at radius 2 is 1.75 bits per heavy atom. The summed E-state index contributed by atoms with van der Waals surface area (Å²) in [6.45, 7) is 0. The predicted octanol–water partition coefficient (Wildman–Crippen LogP) is 2.86. The number of nitrogens with zero attached hydrogens (tertiary/aromatic N) is 2. The molecule has 3 aromatic rings. The van der Waals surface area contributed by atoms with Crippen LogP contribution in [0.1, 0.15) is 0 Å². The van der Waals surface area contributed by atoms with E-state index in [4.69, 9.17) is 0 Å². The minimum absolute atomic E-state index is 0. The summed E-state index contributed by atoms with van der Waals surface area (Å²) >= 11 is 0. The fourth-order valence-corrected chi connectivity index (χ4v) is 1.67. The summed E-state index contributed by atoms with van der Waals surface area (Å²) in [5, 5.41) is 1.16. The van der Waals surface area contributed by atoms with Crippen LogP contribution >= 0.6 is 0 Å². The molecule has 0 N–H and O–H groups in total. The van der Waals surface area contributed by atoms with Gasteiger partial charge in [-0.1, -0.05) is 36.4 Å². The molecule has 0 unspecified atom stereocenters. The molecule has 0 saturated carbocycles. The maximum Gasteiger partial charge on any atom is 0.0483 e. The number of benzene rings is 1. The monoisotopic (exact) mass is 388 g/mol. The van der Waals surface area contributed by atoms with Gasteiger partial charge in [-0.05, 0) is 17.5 Å². The first kappa shape index (κ1) is 11.1. The van der Waals surface area contributed by atoms with Crippen molar-refractivity contribution in [2.75, 3.05) is 0 Å². The van der Waals surface area contributed by atoms with Crippen LogP contribution in [0.15, 0.2) is 54.7 Å². The Morgan fingerprint density at radius 3 is 2.50 bits per heavy atom. The Morgan fingerprint density at radius 1 is 0.938 bits per heavy atom. The summed E-state index contributed by atoms with van der Waals surface area (Å²) in [4.78, 5) is 8.80. The van der Waals surface area contributed by atoms with Crippen LogP contribution in [0.5, 0.6) is 0 Å². The summed E-state index contributed by atoms with van der Waals surface area (Å²) in [5.41, 5.74) is 2.89. The molecule has 3 rings (SSSR count). The van der Waals surface area contributed by atoms with Crippen LogP contribution in [-0.2, 0) is 21.1 Å². The van der Waals surface area contributed by atoms with Gasteiger partial charge in [-0.15, -0.1) is 11.2 Å². The van der Waals surface area contributed by atoms with Gasteiger partial charge in [0.05, 0.1) is 0 Å². The van der Waals surface area contributed by atoms with E-state index in [1.807, 2.05) is 36.4 Å². The quantitative estimate of drug-likeness (QED) is 0.641. The van der Waals surface area contributed by atoms with Gasteiger partial charge in [0.15, 0.2) is 0 Å². The molecule has 0 amide bonds. The van der Waals surface area contributed by atoms with Crippen LogP contribution in [0.4, 0.5) is 0 Å². The number of hydrogen-bond acceptors (Lipinski definition) is 1. The fraction of sp³-hybridized carbons (Fsp3) is 0. The topological polar surface area (TPSA) is 27.0 Å². The predicted molar refractivity (Wildman–Crippen MR) is 60.5 cm³/mol. The van der Waals surface area contributed by atoms with Crippen molar-refractivity contribution < 1.29 is 21.1 Å². The van der Waals surface area contributed by atoms with Crippen LogP contribution in [-0.4, -0.2) is 4.98 Å². The first-order valence-electron chi connectivity index (χ1n) is 4.87. The standard InChI is InChI=1S/C13H9N2.Pt/c1-2-6-11-10(5-1)9-13(15-11)12-7-3-4-8-14-12;/h1-9H;/q-1;. The summed E-state index contributed by atoms with van der Waals surface area (Å²) in [6, 6.07) is 16.0. The molecule has 2 aromatic heterocycles. The molecule has 0 fully saturated rings. The van der Waals surface area contributed by atoms with Crippen LogP contribution in [0.2, 0.25) is 0 Å². The number of rotatable bonds is 1. The third-order valence-electron chi connectivity index (χ3n) is 2.40. The molecule has 0 aliphatic rings. The van der Waals surface area contributed by atoms with Crippen molar-refractivity contribution in [2.45, 2.75) is 0 Å². The SMILES string of the molecule is [Pt].c1ccc(-c2cc3ccccc3[n-]2)nc1. The van der Waals surface area contributed by atoms with Crippen LogP contribution < -0.4 is 4.98 Å². The fourth-order valence-electron chi connectivity index (χ4n) is 1.67. The van der Waals surface area contributed by atoms with Gasteiger partial charge < -0.3 is 4.98 Å². The molecule has 0 radical (unpaired) electrons. The number of fused-ring (bicyclic) bond motifs is 1. The Hall–Kier alpha value is -1.40. The van der Waals surface area contributed by atoms with Crippen LogP contribution in [0.25, 0.3) is 22.3 Å². The summed E-state index contributed by atoms with van der Waals surface area (Å²) < 4.78 is 0. The van der Waals surface area contributed by atoms with Gasteiger partial charge in [-0.2, -0.15) is 0 Å². The molecular formula is C13H9N2Pt-. The second kappa shape index (κ2) is 4.63. The van der Waals surface area contributed by atoms with Gasteiger partial charge in [0.1, 0.15) is 0 Å². The van der Waals surface area contributed by atoms with Gasteiger partial charge in [-0.25, -0.2) is 0 Å². The maximum absolute atomic E-state index is 4.52.